The van der Waals surface area contributed by atoms with Gasteiger partial charge in [-0.3, -0.25) is 0 Å². The Hall–Kier alpha value is -2.05. The lowest BCUT2D eigenvalue weighted by atomic mass is 10.4. The highest BCUT2D eigenvalue weighted by molar-refractivity contribution is 5.87. The van der Waals surface area contributed by atoms with Gasteiger partial charge in [-0.1, -0.05) is 4.68 Å². The lowest BCUT2D eigenvalue weighted by molar-refractivity contribution is -0.610. The van der Waals surface area contributed by atoms with E-state index >= 15 is 0 Å². The topological polar surface area (TPSA) is 101 Å². The molecule has 1 aromatic heterocycles. The maximum absolute atomic E-state index is 10.5. The van der Waals surface area contributed by atoms with Crippen LogP contribution < -0.4 is 0 Å². The van der Waals surface area contributed by atoms with Crippen LogP contribution in [0.3, 0.4) is 0 Å². The van der Waals surface area contributed by atoms with E-state index in [1.165, 1.54) is 6.07 Å². The minimum atomic E-state index is -1.15. The Labute approximate surface area is 66.3 Å². The number of nitrogens with zero attached hydrogens (tertiary/aromatic N) is 3. The van der Waals surface area contributed by atoms with Crippen molar-refractivity contribution in [2.75, 3.05) is 0 Å². The molecule has 0 aliphatic carbocycles. The first-order valence-corrected chi connectivity index (χ1v) is 2.89. The summed E-state index contributed by atoms with van der Waals surface area (Å²) in [6.07, 6.45) is 2.19. The van der Waals surface area contributed by atoms with E-state index < -0.39 is 5.97 Å². The van der Waals surface area contributed by atoms with Crippen LogP contribution in [0.2, 0.25) is 0 Å². The first kappa shape index (κ1) is 8.05. The SMILES string of the molecule is O=C(O)c1ccn(/[N+]([O-])=N/O)c1. The predicted molar refractivity (Wildman–Crippen MR) is 34.6 cm³/mol. The fraction of sp³-hybridized carbons (Fsp3) is 0. The average Bonchev–Trinajstić information content (AvgIpc) is 2.51. The zero-order chi connectivity index (χ0) is 9.14. The van der Waals surface area contributed by atoms with Crippen LogP contribution >= 0.6 is 0 Å². The van der Waals surface area contributed by atoms with E-state index in [9.17, 15) is 10.0 Å². The first-order chi connectivity index (χ1) is 5.65. The Morgan fingerprint density at radius 2 is 2.42 bits per heavy atom. The van der Waals surface area contributed by atoms with E-state index in [1.807, 2.05) is 0 Å². The number of hydrogen-bond acceptors (Lipinski definition) is 3. The fourth-order valence-electron chi connectivity index (χ4n) is 0.664. The second-order valence-electron chi connectivity index (χ2n) is 1.93. The van der Waals surface area contributed by atoms with Crippen LogP contribution in [0.1, 0.15) is 10.4 Å². The second kappa shape index (κ2) is 2.91. The number of aromatic nitrogens is 1. The number of rotatable bonds is 2. The maximum atomic E-state index is 10.5. The van der Waals surface area contributed by atoms with E-state index in [0.29, 0.717) is 0 Å². The van der Waals surface area contributed by atoms with E-state index in [1.54, 1.807) is 0 Å². The minimum Gasteiger partial charge on any atom is -0.568 e. The second-order valence-corrected chi connectivity index (χ2v) is 1.93. The van der Waals surface area contributed by atoms with Crippen molar-refractivity contribution >= 4 is 5.97 Å². The van der Waals surface area contributed by atoms with Crippen molar-refractivity contribution in [2.45, 2.75) is 0 Å². The van der Waals surface area contributed by atoms with Gasteiger partial charge >= 0.3 is 5.97 Å². The van der Waals surface area contributed by atoms with Crippen molar-refractivity contribution in [3.8, 4) is 0 Å². The monoisotopic (exact) mass is 171 g/mol. The molecule has 7 heteroatoms. The van der Waals surface area contributed by atoms with Crippen molar-refractivity contribution in [2.24, 2.45) is 5.28 Å². The Morgan fingerprint density at radius 3 is 2.83 bits per heavy atom. The Morgan fingerprint density at radius 1 is 1.75 bits per heavy atom. The number of carboxylic acids is 1. The van der Waals surface area contributed by atoms with Gasteiger partial charge in [0.2, 0.25) is 5.28 Å². The molecule has 0 unspecified atom stereocenters. The van der Waals surface area contributed by atoms with Gasteiger partial charge in [0.1, 0.15) is 0 Å². The number of carbonyl (C=O) groups is 1. The van der Waals surface area contributed by atoms with Crippen LogP contribution in [0.15, 0.2) is 23.7 Å². The summed E-state index contributed by atoms with van der Waals surface area (Å²) in [5, 5.41) is 29.2. The van der Waals surface area contributed by atoms with Crippen LogP contribution in [0.4, 0.5) is 0 Å². The quantitative estimate of drug-likeness (QED) is 0.379. The molecule has 7 nitrogen and oxygen atoms in total. The maximum Gasteiger partial charge on any atom is 0.337 e. The number of carboxylic acid groups (broad SMARTS) is 1. The lowest BCUT2D eigenvalue weighted by Crippen LogP contribution is -2.07. The molecule has 1 rings (SSSR count). The third-order valence-electron chi connectivity index (χ3n) is 1.20. The highest BCUT2D eigenvalue weighted by Crippen LogP contribution is 2.00. The standard InChI is InChI=1S/C5H5N3O4/c9-5(10)4-1-2-7(3-4)8(12)6-11/h1-3,11H,(H,9,10)/b8-6-. The molecule has 1 aromatic rings. The van der Waals surface area contributed by atoms with Crippen LogP contribution in [0.25, 0.3) is 0 Å². The molecule has 12 heavy (non-hydrogen) atoms. The van der Waals surface area contributed by atoms with Crippen LogP contribution in [-0.4, -0.2) is 25.9 Å². The summed E-state index contributed by atoms with van der Waals surface area (Å²) in [4.78, 5) is 10.1. The summed E-state index contributed by atoms with van der Waals surface area (Å²) in [6.45, 7) is 0. The minimum absolute atomic E-state index is 0.0560. The predicted octanol–water partition coefficient (Wildman–Crippen LogP) is 0.301. The molecule has 0 aromatic carbocycles. The van der Waals surface area contributed by atoms with Crippen molar-refractivity contribution in [3.63, 3.8) is 0 Å². The molecule has 0 spiro atoms. The molecule has 0 aliphatic rings. The van der Waals surface area contributed by atoms with Crippen molar-refractivity contribution in [1.29, 1.82) is 0 Å². The largest absolute Gasteiger partial charge is 0.568 e. The average molecular weight is 171 g/mol. The van der Waals surface area contributed by atoms with E-state index in [2.05, 4.69) is 5.28 Å². The molecule has 0 atom stereocenters. The molecule has 0 saturated carbocycles. The Bertz CT molecular complexity index is 329. The molecule has 0 saturated heterocycles. The van der Waals surface area contributed by atoms with Crippen molar-refractivity contribution in [1.82, 2.24) is 4.68 Å². The summed E-state index contributed by atoms with van der Waals surface area (Å²) < 4.78 is 0.781. The Kier molecular flexibility index (Phi) is 1.95. The van der Waals surface area contributed by atoms with E-state index in [0.717, 1.165) is 17.1 Å². The molecule has 1 heterocycles. The van der Waals surface area contributed by atoms with Gasteiger partial charge in [0, 0.05) is 0 Å². The molecule has 0 fully saturated rings. The summed E-state index contributed by atoms with van der Waals surface area (Å²) in [7, 11) is 0. The molecule has 0 aliphatic heterocycles. The third kappa shape index (κ3) is 1.34. The first-order valence-electron chi connectivity index (χ1n) is 2.89. The highest BCUT2D eigenvalue weighted by Gasteiger charge is 2.08. The smallest absolute Gasteiger partial charge is 0.337 e. The van der Waals surface area contributed by atoms with Gasteiger partial charge in [0.05, 0.1) is 22.9 Å². The van der Waals surface area contributed by atoms with E-state index in [4.69, 9.17) is 10.3 Å². The summed E-state index contributed by atoms with van der Waals surface area (Å²) >= 11 is 0. The van der Waals surface area contributed by atoms with Crippen molar-refractivity contribution in [3.05, 3.63) is 29.2 Å². The third-order valence-corrected chi connectivity index (χ3v) is 1.20. The molecular formula is C5H5N3O4. The summed E-state index contributed by atoms with van der Waals surface area (Å²) in [5.74, 6) is -1.15. The molecule has 0 radical (unpaired) electrons. The zero-order valence-corrected chi connectivity index (χ0v) is 5.78. The molecular weight excluding hydrogens is 166 g/mol. The van der Waals surface area contributed by atoms with Crippen LogP contribution in [0.5, 0.6) is 0 Å². The molecule has 2 N–H and O–H groups in total. The summed E-state index contributed by atoms with van der Waals surface area (Å²) in [6, 6.07) is 1.21. The number of hydrogen-bond donors (Lipinski definition) is 2. The van der Waals surface area contributed by atoms with Crippen LogP contribution in [0, 0.1) is 5.21 Å². The van der Waals surface area contributed by atoms with Gasteiger partial charge in [-0.15, -0.1) is 0 Å². The van der Waals surface area contributed by atoms with E-state index in [-0.39, 0.29) is 10.5 Å². The summed E-state index contributed by atoms with van der Waals surface area (Å²) in [5.41, 5.74) is -0.0560. The lowest BCUT2D eigenvalue weighted by Gasteiger charge is -1.93. The Balaban J connectivity index is 2.99. The van der Waals surface area contributed by atoms with Crippen LogP contribution in [-0.2, 0) is 0 Å². The normalized spacial score (nSPS) is 11.5. The van der Waals surface area contributed by atoms with Gasteiger partial charge in [0.25, 0.3) is 0 Å². The van der Waals surface area contributed by atoms with Crippen molar-refractivity contribution < 1.29 is 20.1 Å². The van der Waals surface area contributed by atoms with Gasteiger partial charge < -0.3 is 15.5 Å². The molecule has 0 bridgehead atoms. The highest BCUT2D eigenvalue weighted by atomic mass is 16.6. The fourth-order valence-corrected chi connectivity index (χ4v) is 0.664. The van der Waals surface area contributed by atoms with Gasteiger partial charge in [0.15, 0.2) is 0 Å². The van der Waals surface area contributed by atoms with Gasteiger partial charge in [-0.25, -0.2) is 4.79 Å². The molecule has 64 valence electrons. The van der Waals surface area contributed by atoms with Gasteiger partial charge in [-0.2, -0.15) is 0 Å². The zero-order valence-electron chi connectivity index (χ0n) is 5.78. The van der Waals surface area contributed by atoms with Gasteiger partial charge in [-0.05, 0) is 6.07 Å². The number of aromatic carboxylic acids is 1. The molecule has 0 amide bonds.